The summed E-state index contributed by atoms with van der Waals surface area (Å²) >= 11 is 0. The predicted octanol–water partition coefficient (Wildman–Crippen LogP) is 2.27. The molecule has 1 aromatic heterocycles. The minimum Gasteiger partial charge on any atom is -0.497 e. The molecule has 0 unspecified atom stereocenters. The number of nitrogens with zero attached hydrogens (tertiary/aromatic N) is 1. The number of carbonyl (C=O) groups excluding carboxylic acids is 2. The highest BCUT2D eigenvalue weighted by atomic mass is 16.5. The Hall–Kier alpha value is -2.89. The van der Waals surface area contributed by atoms with Crippen molar-refractivity contribution in [2.45, 2.75) is 6.61 Å². The summed E-state index contributed by atoms with van der Waals surface area (Å²) in [6, 6.07) is 6.66. The summed E-state index contributed by atoms with van der Waals surface area (Å²) in [6.45, 7) is 0.171. The minimum absolute atomic E-state index is 0.171. The fraction of sp³-hybridized carbons (Fsp3) is 0.188. The fourth-order valence-electron chi connectivity index (χ4n) is 1.83. The van der Waals surface area contributed by atoms with Crippen molar-refractivity contribution < 1.29 is 23.8 Å². The van der Waals surface area contributed by atoms with Gasteiger partial charge in [-0.05, 0) is 18.2 Å². The van der Waals surface area contributed by atoms with Crippen LogP contribution < -0.4 is 9.47 Å². The number of methoxy groups -OCH3 is 2. The Labute approximate surface area is 127 Å². The van der Waals surface area contributed by atoms with Gasteiger partial charge in [0.05, 0.1) is 26.0 Å². The van der Waals surface area contributed by atoms with Gasteiger partial charge in [0.1, 0.15) is 18.1 Å². The summed E-state index contributed by atoms with van der Waals surface area (Å²) in [5.41, 5.74) is 1.49. The van der Waals surface area contributed by atoms with Crippen LogP contribution in [0.4, 0.5) is 0 Å². The lowest BCUT2D eigenvalue weighted by molar-refractivity contribution is 0.0599. The smallest absolute Gasteiger partial charge is 0.339 e. The first-order valence-corrected chi connectivity index (χ1v) is 6.46. The van der Waals surface area contributed by atoms with Crippen LogP contribution in [0.15, 0.2) is 36.7 Å². The zero-order chi connectivity index (χ0) is 15.9. The Kier molecular flexibility index (Phi) is 5.08. The number of carbonyl (C=O) groups is 2. The van der Waals surface area contributed by atoms with Crippen LogP contribution >= 0.6 is 0 Å². The summed E-state index contributed by atoms with van der Waals surface area (Å²) in [7, 11) is 2.83. The molecule has 0 aliphatic heterocycles. The quantitative estimate of drug-likeness (QED) is 0.602. The molecule has 0 saturated carbocycles. The Bertz CT molecular complexity index is 684. The van der Waals surface area contributed by atoms with Crippen molar-refractivity contribution in [2.75, 3.05) is 14.2 Å². The average molecular weight is 301 g/mol. The lowest BCUT2D eigenvalue weighted by Crippen LogP contribution is -2.04. The number of benzene rings is 1. The van der Waals surface area contributed by atoms with Crippen molar-refractivity contribution in [1.29, 1.82) is 0 Å². The summed E-state index contributed by atoms with van der Waals surface area (Å²) in [4.78, 5) is 26.5. The number of hydrogen-bond acceptors (Lipinski definition) is 6. The molecular formula is C16H15NO5. The van der Waals surface area contributed by atoms with Crippen LogP contribution in [0.2, 0.25) is 0 Å². The first-order chi connectivity index (χ1) is 10.7. The molecule has 0 atom stereocenters. The third kappa shape index (κ3) is 3.60. The normalized spacial score (nSPS) is 9.91. The zero-order valence-corrected chi connectivity index (χ0v) is 12.2. The lowest BCUT2D eigenvalue weighted by atomic mass is 10.1. The van der Waals surface area contributed by atoms with Gasteiger partial charge in [-0.2, -0.15) is 0 Å². The number of hydrogen-bond donors (Lipinski definition) is 0. The molecule has 0 amide bonds. The van der Waals surface area contributed by atoms with Crippen LogP contribution in [0.25, 0.3) is 0 Å². The molecule has 0 fully saturated rings. The van der Waals surface area contributed by atoms with E-state index in [1.54, 1.807) is 18.2 Å². The van der Waals surface area contributed by atoms with Crippen molar-refractivity contribution in [2.24, 2.45) is 0 Å². The Balaban J connectivity index is 2.13. The second-order valence-electron chi connectivity index (χ2n) is 4.37. The van der Waals surface area contributed by atoms with Crippen LogP contribution in [-0.2, 0) is 11.3 Å². The van der Waals surface area contributed by atoms with E-state index in [0.29, 0.717) is 28.2 Å². The molecule has 2 aromatic rings. The highest BCUT2D eigenvalue weighted by Crippen LogP contribution is 2.19. The third-order valence-electron chi connectivity index (χ3n) is 3.01. The number of rotatable bonds is 6. The monoisotopic (exact) mass is 301 g/mol. The molecule has 114 valence electrons. The van der Waals surface area contributed by atoms with Crippen LogP contribution in [0, 0.1) is 0 Å². The molecular weight excluding hydrogens is 286 g/mol. The van der Waals surface area contributed by atoms with Gasteiger partial charge in [0.2, 0.25) is 0 Å². The average Bonchev–Trinajstić information content (AvgIpc) is 2.59. The SMILES string of the molecule is COC(=O)c1cncc(OCc2ccc(OC)cc2C=O)c1. The molecule has 0 bridgehead atoms. The van der Waals surface area contributed by atoms with Crippen molar-refractivity contribution in [1.82, 2.24) is 4.98 Å². The summed E-state index contributed by atoms with van der Waals surface area (Å²) in [5.74, 6) is 0.520. The number of ether oxygens (including phenoxy) is 3. The van der Waals surface area contributed by atoms with E-state index < -0.39 is 5.97 Å². The number of aromatic nitrogens is 1. The minimum atomic E-state index is -0.490. The lowest BCUT2D eigenvalue weighted by Gasteiger charge is -2.10. The fourth-order valence-corrected chi connectivity index (χ4v) is 1.83. The van der Waals surface area contributed by atoms with Gasteiger partial charge >= 0.3 is 5.97 Å². The van der Waals surface area contributed by atoms with Gasteiger partial charge in [-0.25, -0.2) is 4.79 Å². The van der Waals surface area contributed by atoms with Crippen LogP contribution in [0.5, 0.6) is 11.5 Å². The second-order valence-corrected chi connectivity index (χ2v) is 4.37. The van der Waals surface area contributed by atoms with Gasteiger partial charge < -0.3 is 14.2 Å². The molecule has 1 aromatic carbocycles. The molecule has 0 saturated heterocycles. The highest BCUT2D eigenvalue weighted by molar-refractivity contribution is 5.89. The molecule has 0 aliphatic rings. The van der Waals surface area contributed by atoms with Gasteiger partial charge in [0.15, 0.2) is 6.29 Å². The topological polar surface area (TPSA) is 74.7 Å². The van der Waals surface area contributed by atoms with E-state index in [-0.39, 0.29) is 6.61 Å². The first kappa shape index (κ1) is 15.5. The van der Waals surface area contributed by atoms with E-state index in [9.17, 15) is 9.59 Å². The highest BCUT2D eigenvalue weighted by Gasteiger charge is 2.09. The molecule has 6 nitrogen and oxygen atoms in total. The molecule has 0 radical (unpaired) electrons. The van der Waals surface area contributed by atoms with E-state index in [2.05, 4.69) is 9.72 Å². The summed E-state index contributed by atoms with van der Waals surface area (Å²) in [5, 5.41) is 0. The zero-order valence-electron chi connectivity index (χ0n) is 12.2. The molecule has 0 spiro atoms. The maximum absolute atomic E-state index is 11.4. The molecule has 22 heavy (non-hydrogen) atoms. The van der Waals surface area contributed by atoms with Gasteiger partial charge in [-0.1, -0.05) is 6.07 Å². The summed E-state index contributed by atoms with van der Waals surface area (Å²) < 4.78 is 15.3. The van der Waals surface area contributed by atoms with Gasteiger partial charge in [0.25, 0.3) is 0 Å². The van der Waals surface area contributed by atoms with Crippen molar-refractivity contribution >= 4 is 12.3 Å². The Morgan fingerprint density at radius 3 is 2.68 bits per heavy atom. The largest absolute Gasteiger partial charge is 0.497 e. The van der Waals surface area contributed by atoms with Gasteiger partial charge in [0, 0.05) is 17.3 Å². The Morgan fingerprint density at radius 2 is 2.00 bits per heavy atom. The third-order valence-corrected chi connectivity index (χ3v) is 3.01. The summed E-state index contributed by atoms with van der Waals surface area (Å²) in [6.07, 6.45) is 3.61. The van der Waals surface area contributed by atoms with E-state index in [1.165, 1.54) is 32.7 Å². The van der Waals surface area contributed by atoms with Crippen molar-refractivity contribution in [3.8, 4) is 11.5 Å². The molecule has 1 heterocycles. The van der Waals surface area contributed by atoms with E-state index in [0.717, 1.165) is 6.29 Å². The van der Waals surface area contributed by atoms with Gasteiger partial charge in [-0.15, -0.1) is 0 Å². The first-order valence-electron chi connectivity index (χ1n) is 6.46. The number of esters is 1. The standard InChI is InChI=1S/C16H15NO5/c1-20-14-4-3-11(13(6-14)9-18)10-22-15-5-12(7-17-8-15)16(19)21-2/h3-9H,10H2,1-2H3. The van der Waals surface area contributed by atoms with Crippen LogP contribution in [-0.4, -0.2) is 31.5 Å². The Morgan fingerprint density at radius 1 is 1.18 bits per heavy atom. The predicted molar refractivity (Wildman–Crippen MR) is 78.3 cm³/mol. The molecule has 0 aliphatic carbocycles. The number of pyridine rings is 1. The second kappa shape index (κ2) is 7.21. The maximum Gasteiger partial charge on any atom is 0.339 e. The van der Waals surface area contributed by atoms with E-state index in [1.807, 2.05) is 0 Å². The number of aldehydes is 1. The maximum atomic E-state index is 11.4. The van der Waals surface area contributed by atoms with Crippen molar-refractivity contribution in [3.63, 3.8) is 0 Å². The van der Waals surface area contributed by atoms with E-state index >= 15 is 0 Å². The van der Waals surface area contributed by atoms with Crippen molar-refractivity contribution in [3.05, 3.63) is 53.3 Å². The van der Waals surface area contributed by atoms with Crippen LogP contribution in [0.1, 0.15) is 26.3 Å². The van der Waals surface area contributed by atoms with Gasteiger partial charge in [-0.3, -0.25) is 9.78 Å². The van der Waals surface area contributed by atoms with Crippen LogP contribution in [0.3, 0.4) is 0 Å². The molecule has 6 heteroatoms. The van der Waals surface area contributed by atoms with E-state index in [4.69, 9.17) is 9.47 Å². The molecule has 2 rings (SSSR count). The molecule has 0 N–H and O–H groups in total.